The van der Waals surface area contributed by atoms with Gasteiger partial charge in [0.2, 0.25) is 0 Å². The molecule has 1 aliphatic heterocycles. The van der Waals surface area contributed by atoms with Crippen LogP contribution in [0.4, 0.5) is 22.0 Å². The number of allylic oxidation sites excluding steroid dienone is 3. The van der Waals surface area contributed by atoms with Gasteiger partial charge in [-0.2, -0.15) is 13.2 Å². The van der Waals surface area contributed by atoms with E-state index in [2.05, 4.69) is 24.8 Å². The fourth-order valence-electron chi connectivity index (χ4n) is 5.51. The van der Waals surface area contributed by atoms with E-state index >= 15 is 0 Å². The van der Waals surface area contributed by atoms with E-state index in [-0.39, 0.29) is 28.5 Å². The van der Waals surface area contributed by atoms with Crippen molar-refractivity contribution in [3.05, 3.63) is 117 Å². The van der Waals surface area contributed by atoms with Crippen molar-refractivity contribution in [2.75, 3.05) is 7.05 Å². The average molecular weight is 633 g/mol. The first kappa shape index (κ1) is 36.2. The number of halogens is 5. The summed E-state index contributed by atoms with van der Waals surface area (Å²) >= 11 is 0. The van der Waals surface area contributed by atoms with E-state index in [9.17, 15) is 22.0 Å². The molecule has 3 aromatic carbocycles. The third-order valence-corrected chi connectivity index (χ3v) is 7.82. The first-order valence-electron chi connectivity index (χ1n) is 15.4. The second kappa shape index (κ2) is 15.8. The van der Waals surface area contributed by atoms with Gasteiger partial charge in [-0.1, -0.05) is 75.4 Å². The summed E-state index contributed by atoms with van der Waals surface area (Å²) in [6.07, 6.45) is 9.51. The lowest BCUT2D eigenvalue weighted by Crippen LogP contribution is -2.17. The number of aryl methyl sites for hydroxylation is 2. The molecule has 0 N–H and O–H groups in total. The zero-order chi connectivity index (χ0) is 34.2. The molecular formula is C39H41F5N2. The van der Waals surface area contributed by atoms with Crippen molar-refractivity contribution >= 4 is 11.9 Å². The highest BCUT2D eigenvalue weighted by Gasteiger charge is 2.34. The number of nitrogens with zero attached hydrogens (tertiary/aromatic N) is 2. The van der Waals surface area contributed by atoms with Crippen molar-refractivity contribution in [1.29, 1.82) is 0 Å². The number of hydrogen-bond acceptors (Lipinski definition) is 2. The Morgan fingerprint density at radius 2 is 1.63 bits per heavy atom. The van der Waals surface area contributed by atoms with Crippen LogP contribution in [0.2, 0.25) is 0 Å². The Bertz CT molecular complexity index is 1690. The Kier molecular flexibility index (Phi) is 12.4. The molecule has 242 valence electrons. The molecule has 1 heterocycles. The summed E-state index contributed by atoms with van der Waals surface area (Å²) in [4.78, 5) is 8.88. The summed E-state index contributed by atoms with van der Waals surface area (Å²) in [5, 5.41) is 0. The van der Waals surface area contributed by atoms with Crippen molar-refractivity contribution in [2.24, 2.45) is 21.8 Å². The number of hydrogen-bond donors (Lipinski definition) is 0. The van der Waals surface area contributed by atoms with Gasteiger partial charge in [0.05, 0.1) is 17.2 Å². The lowest BCUT2D eigenvalue weighted by molar-refractivity contribution is -0.137. The van der Waals surface area contributed by atoms with Gasteiger partial charge in [-0.3, -0.25) is 9.98 Å². The van der Waals surface area contributed by atoms with E-state index < -0.39 is 23.4 Å². The molecule has 0 fully saturated rings. The van der Waals surface area contributed by atoms with Crippen LogP contribution in [-0.4, -0.2) is 19.0 Å². The van der Waals surface area contributed by atoms with Crippen LogP contribution in [0.15, 0.2) is 81.9 Å². The monoisotopic (exact) mass is 632 g/mol. The number of dihydropyridines is 1. The van der Waals surface area contributed by atoms with Gasteiger partial charge in [-0.15, -0.1) is 6.42 Å². The SMILES string of the molecule is C#Cc1ccc(-c2c(C)cc(CC(C)/C=C3/N=C(c4cccc(F)c4F)C=C(C)C3C=NC)cc2C)c(C(F)(F)F)c1.CCCC. The van der Waals surface area contributed by atoms with E-state index in [1.807, 2.05) is 32.1 Å². The normalized spacial score (nSPS) is 16.4. The van der Waals surface area contributed by atoms with Gasteiger partial charge in [-0.25, -0.2) is 8.78 Å². The van der Waals surface area contributed by atoms with Crippen LogP contribution in [0.3, 0.4) is 0 Å². The highest BCUT2D eigenvalue weighted by Crippen LogP contribution is 2.40. The minimum Gasteiger partial charge on any atom is -0.300 e. The number of unbranched alkanes of at least 4 members (excludes halogenated alkanes) is 1. The molecule has 0 spiro atoms. The Morgan fingerprint density at radius 1 is 0.978 bits per heavy atom. The summed E-state index contributed by atoms with van der Waals surface area (Å²) in [6, 6.07) is 11.8. The van der Waals surface area contributed by atoms with Gasteiger partial charge in [0, 0.05) is 30.1 Å². The van der Waals surface area contributed by atoms with Crippen LogP contribution in [0.25, 0.3) is 11.1 Å². The lowest BCUT2D eigenvalue weighted by Gasteiger charge is -2.22. The van der Waals surface area contributed by atoms with E-state index in [1.165, 1.54) is 37.1 Å². The van der Waals surface area contributed by atoms with Crippen LogP contribution in [0.5, 0.6) is 0 Å². The molecule has 0 saturated carbocycles. The topological polar surface area (TPSA) is 24.7 Å². The quantitative estimate of drug-likeness (QED) is 0.141. The van der Waals surface area contributed by atoms with Crippen LogP contribution in [0, 0.1) is 49.7 Å². The smallest absolute Gasteiger partial charge is 0.300 e. The molecule has 2 unspecified atom stereocenters. The van der Waals surface area contributed by atoms with Crippen LogP contribution in [0.1, 0.15) is 73.9 Å². The van der Waals surface area contributed by atoms with E-state index in [0.717, 1.165) is 34.4 Å². The molecule has 2 nitrogen and oxygen atoms in total. The number of alkyl halides is 3. The van der Waals surface area contributed by atoms with Crippen LogP contribution < -0.4 is 0 Å². The molecule has 0 aromatic heterocycles. The minimum absolute atomic E-state index is 0.0358. The first-order valence-corrected chi connectivity index (χ1v) is 15.4. The predicted octanol–water partition coefficient (Wildman–Crippen LogP) is 10.9. The Balaban J connectivity index is 0.00000136. The second-order valence-corrected chi connectivity index (χ2v) is 11.7. The van der Waals surface area contributed by atoms with E-state index in [4.69, 9.17) is 11.4 Å². The maximum absolute atomic E-state index is 14.6. The molecular weight excluding hydrogens is 591 g/mol. The maximum atomic E-state index is 14.6. The minimum atomic E-state index is -4.56. The highest BCUT2D eigenvalue weighted by atomic mass is 19.4. The van der Waals surface area contributed by atoms with Crippen molar-refractivity contribution in [1.82, 2.24) is 0 Å². The van der Waals surface area contributed by atoms with Gasteiger partial charge in [0.25, 0.3) is 0 Å². The van der Waals surface area contributed by atoms with Crippen molar-refractivity contribution in [2.45, 2.75) is 67.0 Å². The lowest BCUT2D eigenvalue weighted by atomic mass is 9.87. The summed E-state index contributed by atoms with van der Waals surface area (Å²) in [6.45, 7) is 11.9. The Labute approximate surface area is 269 Å². The molecule has 46 heavy (non-hydrogen) atoms. The molecule has 0 bridgehead atoms. The van der Waals surface area contributed by atoms with Gasteiger partial charge in [-0.05, 0) is 91.3 Å². The van der Waals surface area contributed by atoms with Gasteiger partial charge in [0.1, 0.15) is 0 Å². The van der Waals surface area contributed by atoms with Crippen molar-refractivity contribution in [3.63, 3.8) is 0 Å². The number of rotatable bonds is 7. The molecule has 2 atom stereocenters. The summed E-state index contributed by atoms with van der Waals surface area (Å²) < 4.78 is 70.4. The summed E-state index contributed by atoms with van der Waals surface area (Å²) in [7, 11) is 1.66. The fraction of sp³-hybridized carbons (Fsp3) is 0.333. The average Bonchev–Trinajstić information content (AvgIpc) is 2.99. The van der Waals surface area contributed by atoms with Gasteiger partial charge >= 0.3 is 6.18 Å². The Hall–Kier alpha value is -4.31. The Morgan fingerprint density at radius 3 is 2.20 bits per heavy atom. The zero-order valence-electron chi connectivity index (χ0n) is 27.5. The molecule has 0 amide bonds. The fourth-order valence-corrected chi connectivity index (χ4v) is 5.51. The number of benzene rings is 3. The van der Waals surface area contributed by atoms with Gasteiger partial charge in [0.15, 0.2) is 11.6 Å². The third kappa shape index (κ3) is 8.69. The van der Waals surface area contributed by atoms with Gasteiger partial charge < -0.3 is 0 Å². The summed E-state index contributed by atoms with van der Waals surface area (Å²) in [5.74, 6) is 0.120. The van der Waals surface area contributed by atoms with Crippen LogP contribution >= 0.6 is 0 Å². The molecule has 7 heteroatoms. The van der Waals surface area contributed by atoms with Crippen molar-refractivity contribution in [3.8, 4) is 23.5 Å². The van der Waals surface area contributed by atoms with E-state index in [1.54, 1.807) is 33.2 Å². The first-order chi connectivity index (χ1) is 21.7. The molecule has 4 rings (SSSR count). The highest BCUT2D eigenvalue weighted by molar-refractivity contribution is 6.11. The second-order valence-electron chi connectivity index (χ2n) is 11.7. The molecule has 1 aliphatic rings. The van der Waals surface area contributed by atoms with E-state index in [0.29, 0.717) is 23.4 Å². The van der Waals surface area contributed by atoms with Crippen LogP contribution in [-0.2, 0) is 12.6 Å². The standard InChI is InChI=1S/C35H31F5N2.C4H10/c1-7-24-11-12-26(29(18-24)35(38,39)40)33-22(4)15-25(16-23(33)5)13-20(2)14-31-28(19-41-6)21(3)17-32(42-31)27-9-8-10-30(36)34(27)37;1-3-4-2/h1,8-12,14-20,28H,13H2,2-6H3;3-4H2,1-2H3/b31-14+,41-19?;. The predicted molar refractivity (Wildman–Crippen MR) is 180 cm³/mol. The third-order valence-electron chi connectivity index (χ3n) is 7.82. The molecule has 3 aromatic rings. The van der Waals surface area contributed by atoms with Crippen molar-refractivity contribution < 1.29 is 22.0 Å². The number of terminal acetylenes is 1. The maximum Gasteiger partial charge on any atom is 0.417 e. The number of aliphatic imine (C=N–C) groups is 2. The molecule has 0 radical (unpaired) electrons. The molecule has 0 aliphatic carbocycles. The molecule has 0 saturated heterocycles. The summed E-state index contributed by atoms with van der Waals surface area (Å²) in [5.41, 5.74) is 4.39. The largest absolute Gasteiger partial charge is 0.417 e. The zero-order valence-corrected chi connectivity index (χ0v) is 27.5.